The van der Waals surface area contributed by atoms with Gasteiger partial charge in [-0.25, -0.2) is 0 Å². The monoisotopic (exact) mass is 361 g/mol. The molecule has 4 nitrogen and oxygen atoms in total. The molecular weight excluding hydrogens is 334 g/mol. The van der Waals surface area contributed by atoms with Crippen LogP contribution in [0.3, 0.4) is 0 Å². The summed E-state index contributed by atoms with van der Waals surface area (Å²) in [7, 11) is 0. The van der Waals surface area contributed by atoms with E-state index in [0.717, 1.165) is 38.0 Å². The number of aromatic amines is 1. The van der Waals surface area contributed by atoms with Crippen LogP contribution in [-0.2, 0) is 4.79 Å². The van der Waals surface area contributed by atoms with Gasteiger partial charge in [0.2, 0.25) is 5.91 Å². The number of nitrogens with zero attached hydrogens (tertiary/aromatic N) is 1. The highest BCUT2D eigenvalue weighted by Gasteiger charge is 2.25. The Balaban J connectivity index is 1.57. The summed E-state index contributed by atoms with van der Waals surface area (Å²) in [5.74, 6) is 0.411. The van der Waals surface area contributed by atoms with Gasteiger partial charge in [0.15, 0.2) is 0 Å². The lowest BCUT2D eigenvalue weighted by atomic mass is 9.90. The molecule has 1 amide bonds. The minimum absolute atomic E-state index is 0.167. The van der Waals surface area contributed by atoms with E-state index in [1.165, 1.54) is 16.5 Å². The highest BCUT2D eigenvalue weighted by atomic mass is 16.2. The maximum absolute atomic E-state index is 12.7. The zero-order valence-corrected chi connectivity index (χ0v) is 15.8. The average molecular weight is 361 g/mol. The number of rotatable bonds is 6. The number of benzene rings is 2. The van der Waals surface area contributed by atoms with Gasteiger partial charge in [0.1, 0.15) is 0 Å². The Morgan fingerprint density at radius 1 is 1.07 bits per heavy atom. The summed E-state index contributed by atoms with van der Waals surface area (Å²) in [4.78, 5) is 18.0. The highest BCUT2D eigenvalue weighted by molar-refractivity contribution is 5.84. The summed E-state index contributed by atoms with van der Waals surface area (Å²) >= 11 is 0. The Morgan fingerprint density at radius 2 is 1.78 bits per heavy atom. The Morgan fingerprint density at radius 3 is 2.56 bits per heavy atom. The van der Waals surface area contributed by atoms with E-state index < -0.39 is 0 Å². The van der Waals surface area contributed by atoms with Crippen molar-refractivity contribution in [3.05, 3.63) is 71.9 Å². The molecule has 2 N–H and O–H groups in total. The predicted octanol–water partition coefficient (Wildman–Crippen LogP) is 3.90. The average Bonchev–Trinajstić information content (AvgIpc) is 3.39. The predicted molar refractivity (Wildman–Crippen MR) is 110 cm³/mol. The van der Waals surface area contributed by atoms with Gasteiger partial charge in [-0.15, -0.1) is 0 Å². The largest absolute Gasteiger partial charge is 0.361 e. The summed E-state index contributed by atoms with van der Waals surface area (Å²) in [5, 5.41) is 4.75. The smallest absolute Gasteiger partial charge is 0.239 e. The van der Waals surface area contributed by atoms with Gasteiger partial charge in [-0.1, -0.05) is 48.5 Å². The highest BCUT2D eigenvalue weighted by Crippen LogP contribution is 2.30. The van der Waals surface area contributed by atoms with Crippen LogP contribution in [-0.4, -0.2) is 41.5 Å². The van der Waals surface area contributed by atoms with Crippen molar-refractivity contribution in [2.45, 2.75) is 31.7 Å². The maximum atomic E-state index is 12.7. The van der Waals surface area contributed by atoms with Crippen molar-refractivity contribution in [2.24, 2.45) is 0 Å². The lowest BCUT2D eigenvalue weighted by Gasteiger charge is -2.24. The molecule has 0 saturated carbocycles. The van der Waals surface area contributed by atoms with E-state index in [4.69, 9.17) is 0 Å². The van der Waals surface area contributed by atoms with E-state index in [1.54, 1.807) is 0 Å². The Bertz CT molecular complexity index is 896. The number of amides is 1. The molecular formula is C23H27N3O. The Kier molecular flexibility index (Phi) is 5.26. The molecule has 0 bridgehead atoms. The van der Waals surface area contributed by atoms with Gasteiger partial charge < -0.3 is 15.2 Å². The van der Waals surface area contributed by atoms with Crippen LogP contribution in [0.25, 0.3) is 10.9 Å². The van der Waals surface area contributed by atoms with E-state index in [2.05, 4.69) is 65.0 Å². The number of H-pyrrole nitrogens is 1. The van der Waals surface area contributed by atoms with Crippen molar-refractivity contribution in [1.29, 1.82) is 0 Å². The van der Waals surface area contributed by atoms with Crippen molar-refractivity contribution in [1.82, 2.24) is 15.2 Å². The molecule has 3 aromatic rings. The lowest BCUT2D eigenvalue weighted by Crippen LogP contribution is -2.44. The zero-order valence-electron chi connectivity index (χ0n) is 15.8. The van der Waals surface area contributed by atoms with Crippen molar-refractivity contribution < 1.29 is 4.79 Å². The molecule has 2 heterocycles. The van der Waals surface area contributed by atoms with Gasteiger partial charge in [0.05, 0.1) is 6.04 Å². The molecule has 1 saturated heterocycles. The molecule has 0 spiro atoms. The van der Waals surface area contributed by atoms with E-state index >= 15 is 0 Å². The van der Waals surface area contributed by atoms with Crippen LogP contribution < -0.4 is 5.32 Å². The first-order valence-corrected chi connectivity index (χ1v) is 9.87. The third-order valence-electron chi connectivity index (χ3n) is 5.61. The summed E-state index contributed by atoms with van der Waals surface area (Å²) in [6.45, 7) is 4.51. The van der Waals surface area contributed by atoms with Crippen LogP contribution in [0.2, 0.25) is 0 Å². The van der Waals surface area contributed by atoms with Gasteiger partial charge in [-0.05, 0) is 37.0 Å². The SMILES string of the molecule is C[C@H](NC[C@@H](c1ccccc1)c1c[nH]c2ccccc12)C(=O)N1CCCC1. The van der Waals surface area contributed by atoms with Gasteiger partial charge >= 0.3 is 0 Å². The number of nitrogens with one attached hydrogen (secondary N) is 2. The van der Waals surface area contributed by atoms with Crippen LogP contribution in [0.1, 0.15) is 36.8 Å². The lowest BCUT2D eigenvalue weighted by molar-refractivity contribution is -0.131. The summed E-state index contributed by atoms with van der Waals surface area (Å²) in [5.41, 5.74) is 3.68. The van der Waals surface area contributed by atoms with Crippen LogP contribution in [0.5, 0.6) is 0 Å². The number of fused-ring (bicyclic) bond motifs is 1. The minimum Gasteiger partial charge on any atom is -0.361 e. The second kappa shape index (κ2) is 7.97. The van der Waals surface area contributed by atoms with Crippen molar-refractivity contribution in [2.75, 3.05) is 19.6 Å². The van der Waals surface area contributed by atoms with E-state index in [0.29, 0.717) is 0 Å². The number of aromatic nitrogens is 1. The number of para-hydroxylation sites is 1. The fourth-order valence-electron chi connectivity index (χ4n) is 4.07. The first-order chi connectivity index (χ1) is 13.2. The third kappa shape index (κ3) is 3.76. The van der Waals surface area contributed by atoms with E-state index in [9.17, 15) is 4.79 Å². The maximum Gasteiger partial charge on any atom is 0.239 e. The standard InChI is InChI=1S/C23H27N3O/c1-17(23(27)26-13-7-8-14-26)24-15-20(18-9-3-2-4-10-18)21-16-25-22-12-6-5-11-19(21)22/h2-6,9-12,16-17,20,24-25H,7-8,13-15H2,1H3/t17-,20-/m0/s1. The molecule has 1 aromatic heterocycles. The molecule has 1 aliphatic heterocycles. The number of carbonyl (C=O) groups excluding carboxylic acids is 1. The Labute approximate surface area is 160 Å². The molecule has 0 radical (unpaired) electrons. The number of likely N-dealkylation sites (tertiary alicyclic amines) is 1. The second-order valence-electron chi connectivity index (χ2n) is 7.42. The van der Waals surface area contributed by atoms with Crippen LogP contribution >= 0.6 is 0 Å². The van der Waals surface area contributed by atoms with Crippen LogP contribution in [0.15, 0.2) is 60.8 Å². The van der Waals surface area contributed by atoms with Crippen LogP contribution in [0.4, 0.5) is 0 Å². The van der Waals surface area contributed by atoms with Crippen molar-refractivity contribution in [3.63, 3.8) is 0 Å². The summed E-state index contributed by atoms with van der Waals surface area (Å²) in [6.07, 6.45) is 4.36. The second-order valence-corrected chi connectivity index (χ2v) is 7.42. The third-order valence-corrected chi connectivity index (χ3v) is 5.61. The van der Waals surface area contributed by atoms with Crippen molar-refractivity contribution in [3.8, 4) is 0 Å². The van der Waals surface area contributed by atoms with E-state index in [-0.39, 0.29) is 17.9 Å². The van der Waals surface area contributed by atoms with Gasteiger partial charge in [0.25, 0.3) is 0 Å². The molecule has 0 unspecified atom stereocenters. The summed E-state index contributed by atoms with van der Waals surface area (Å²) < 4.78 is 0. The number of hydrogen-bond donors (Lipinski definition) is 2. The fourth-order valence-corrected chi connectivity index (χ4v) is 4.07. The molecule has 4 rings (SSSR count). The van der Waals surface area contributed by atoms with Gasteiger partial charge in [-0.2, -0.15) is 0 Å². The van der Waals surface area contributed by atoms with Gasteiger partial charge in [-0.3, -0.25) is 4.79 Å². The van der Waals surface area contributed by atoms with Gasteiger partial charge in [0, 0.05) is 42.7 Å². The molecule has 27 heavy (non-hydrogen) atoms. The molecule has 0 aliphatic carbocycles. The molecule has 4 heteroatoms. The molecule has 2 aromatic carbocycles. The van der Waals surface area contributed by atoms with Crippen molar-refractivity contribution >= 4 is 16.8 Å². The first kappa shape index (κ1) is 17.8. The molecule has 140 valence electrons. The number of carbonyl (C=O) groups is 1. The number of hydrogen-bond acceptors (Lipinski definition) is 2. The molecule has 1 aliphatic rings. The normalized spacial score (nSPS) is 16.6. The fraction of sp³-hybridized carbons (Fsp3) is 0.348. The first-order valence-electron chi connectivity index (χ1n) is 9.87. The quantitative estimate of drug-likeness (QED) is 0.699. The van der Waals surface area contributed by atoms with E-state index in [1.807, 2.05) is 17.9 Å². The topological polar surface area (TPSA) is 48.1 Å². The zero-order chi connectivity index (χ0) is 18.6. The molecule has 1 fully saturated rings. The molecule has 2 atom stereocenters. The minimum atomic E-state index is -0.167. The Hall–Kier alpha value is -2.59. The summed E-state index contributed by atoms with van der Waals surface area (Å²) in [6, 6.07) is 18.8. The van der Waals surface area contributed by atoms with Crippen LogP contribution in [0, 0.1) is 0 Å².